The van der Waals surface area contributed by atoms with Gasteiger partial charge in [0, 0.05) is 14.2 Å². The van der Waals surface area contributed by atoms with Gasteiger partial charge >= 0.3 is 0 Å². The van der Waals surface area contributed by atoms with Gasteiger partial charge in [-0.25, -0.2) is 0 Å². The monoisotopic (exact) mass is 241 g/mol. The van der Waals surface area contributed by atoms with Crippen molar-refractivity contribution >= 4 is 0 Å². The Hall–Kier alpha value is -0.320. The summed E-state index contributed by atoms with van der Waals surface area (Å²) in [6.45, 7) is -0.819. The zero-order valence-electron chi connectivity index (χ0n) is 9.31. The highest BCUT2D eigenvalue weighted by atomic mass is 16.7. The highest BCUT2D eigenvalue weighted by Gasteiger charge is 2.30. The molecule has 0 radical (unpaired) electrons. The van der Waals surface area contributed by atoms with E-state index < -0.39 is 25.2 Å². The first kappa shape index (κ1) is 15.7. The molecule has 1 unspecified atom stereocenters. The third-order valence-corrected chi connectivity index (χ3v) is 1.92. The Kier molecular flexibility index (Phi) is 8.61. The van der Waals surface area contributed by atoms with E-state index in [4.69, 9.17) is 19.8 Å². The average Bonchev–Trinajstić information content (AvgIpc) is 2.32. The van der Waals surface area contributed by atoms with Gasteiger partial charge in [-0.05, 0) is 0 Å². The number of aliphatic hydroxyl groups is 3. The summed E-state index contributed by atoms with van der Waals surface area (Å²) in [5, 5.41) is 36.6. The Morgan fingerprint density at radius 3 is 2.31 bits per heavy atom. The minimum atomic E-state index is -1.67. The molecule has 0 aliphatic heterocycles. The number of hydrogen-bond acceptors (Lipinski definition) is 8. The normalized spacial score (nSPS) is 17.4. The van der Waals surface area contributed by atoms with Crippen molar-refractivity contribution in [1.29, 1.82) is 0 Å². The predicted octanol–water partition coefficient (Wildman–Crippen LogP) is -2.06. The van der Waals surface area contributed by atoms with Crippen molar-refractivity contribution in [2.45, 2.75) is 18.4 Å². The van der Waals surface area contributed by atoms with Crippen molar-refractivity contribution in [3.63, 3.8) is 0 Å². The molecule has 0 bridgehead atoms. The molecule has 8 heteroatoms. The third-order valence-electron chi connectivity index (χ3n) is 1.92. The second-order valence-electron chi connectivity index (χ2n) is 3.04. The first-order valence-corrected chi connectivity index (χ1v) is 4.60. The van der Waals surface area contributed by atoms with E-state index in [9.17, 15) is 10.2 Å². The van der Waals surface area contributed by atoms with E-state index in [0.29, 0.717) is 0 Å². The first-order valence-electron chi connectivity index (χ1n) is 4.60. The van der Waals surface area contributed by atoms with Crippen LogP contribution in [0, 0.1) is 0 Å². The fourth-order valence-corrected chi connectivity index (χ4v) is 1.01. The van der Waals surface area contributed by atoms with Crippen molar-refractivity contribution in [2.24, 2.45) is 0 Å². The van der Waals surface area contributed by atoms with Crippen LogP contribution in [0.1, 0.15) is 0 Å². The van der Waals surface area contributed by atoms with Crippen LogP contribution in [0.4, 0.5) is 0 Å². The van der Waals surface area contributed by atoms with Crippen molar-refractivity contribution in [2.75, 3.05) is 34.4 Å². The van der Waals surface area contributed by atoms with Crippen LogP contribution in [0.15, 0.2) is 0 Å². The number of hydroxylamine groups is 2. The fraction of sp³-hybridized carbons (Fsp3) is 1.00. The number of rotatable bonds is 9. The fourth-order valence-electron chi connectivity index (χ4n) is 1.01. The van der Waals surface area contributed by atoms with E-state index >= 15 is 0 Å². The molecule has 0 heterocycles. The number of methoxy groups -OCH3 is 2. The van der Waals surface area contributed by atoms with E-state index in [1.54, 1.807) is 0 Å². The molecule has 0 saturated heterocycles. The zero-order valence-corrected chi connectivity index (χ0v) is 9.31. The highest BCUT2D eigenvalue weighted by Crippen LogP contribution is 2.07. The van der Waals surface area contributed by atoms with Crippen LogP contribution in [-0.2, 0) is 14.2 Å². The Morgan fingerprint density at radius 1 is 1.25 bits per heavy atom. The van der Waals surface area contributed by atoms with Gasteiger partial charge in [0.2, 0.25) is 0 Å². The molecule has 0 aliphatic rings. The topological polar surface area (TPSA) is 112 Å². The molecule has 3 atom stereocenters. The number of hydrogen-bond donors (Lipinski definition) is 4. The van der Waals surface area contributed by atoms with Gasteiger partial charge in [-0.2, -0.15) is 0 Å². The summed E-state index contributed by atoms with van der Waals surface area (Å²) in [6.07, 6.45) is -3.95. The molecule has 0 fully saturated rings. The molecule has 0 aromatic heterocycles. The van der Waals surface area contributed by atoms with E-state index in [1.165, 1.54) is 14.2 Å². The lowest BCUT2D eigenvalue weighted by Gasteiger charge is -2.28. The molecule has 0 rings (SSSR count). The predicted molar refractivity (Wildman–Crippen MR) is 51.3 cm³/mol. The summed E-state index contributed by atoms with van der Waals surface area (Å²) in [4.78, 5) is 0. The average molecular weight is 241 g/mol. The van der Waals surface area contributed by atoms with E-state index in [-0.39, 0.29) is 18.5 Å². The minimum absolute atomic E-state index is 0.0194. The lowest BCUT2D eigenvalue weighted by atomic mass is 10.2. The molecule has 4 N–H and O–H groups in total. The SMILES string of the molecule is COCOC[C@H](OC)C(O)[C@@H](O)N(O)CO. The summed E-state index contributed by atoms with van der Waals surface area (Å²) < 4.78 is 14.4. The van der Waals surface area contributed by atoms with Crippen molar-refractivity contribution < 1.29 is 34.7 Å². The molecule has 0 amide bonds. The van der Waals surface area contributed by atoms with Crippen LogP contribution in [-0.4, -0.2) is 78.4 Å². The number of nitrogens with zero attached hydrogens (tertiary/aromatic N) is 1. The molecule has 0 aromatic carbocycles. The maximum Gasteiger partial charge on any atom is 0.160 e. The summed E-state index contributed by atoms with van der Waals surface area (Å²) in [7, 11) is 2.76. The first-order chi connectivity index (χ1) is 7.58. The zero-order chi connectivity index (χ0) is 12.6. The third kappa shape index (κ3) is 5.14. The van der Waals surface area contributed by atoms with Crippen LogP contribution in [0.25, 0.3) is 0 Å². The minimum Gasteiger partial charge on any atom is -0.386 e. The molecule has 0 saturated carbocycles. The molecule has 0 aliphatic carbocycles. The summed E-state index contributed by atoms with van der Waals surface area (Å²) in [6, 6.07) is 0. The summed E-state index contributed by atoms with van der Waals surface area (Å²) in [5.74, 6) is 0. The van der Waals surface area contributed by atoms with Gasteiger partial charge in [0.05, 0.1) is 6.61 Å². The maximum absolute atomic E-state index is 9.57. The van der Waals surface area contributed by atoms with Crippen molar-refractivity contribution in [3.8, 4) is 0 Å². The van der Waals surface area contributed by atoms with Gasteiger partial charge in [0.25, 0.3) is 0 Å². The number of ether oxygens (including phenoxy) is 3. The summed E-state index contributed by atoms with van der Waals surface area (Å²) in [5.41, 5.74) is 0. The standard InChI is InChI=1S/C8H19NO7/c1-14-5-16-3-6(15-2)7(11)8(12)9(13)4-10/h6-8,10-13H,3-5H2,1-2H3/t6-,7?,8+/m0/s1. The Balaban J connectivity index is 4.12. The molecule has 8 nitrogen and oxygen atoms in total. The Morgan fingerprint density at radius 2 is 1.88 bits per heavy atom. The van der Waals surface area contributed by atoms with Gasteiger partial charge in [-0.15, -0.1) is 5.06 Å². The van der Waals surface area contributed by atoms with Gasteiger partial charge in [-0.3, -0.25) is 0 Å². The smallest absolute Gasteiger partial charge is 0.160 e. The van der Waals surface area contributed by atoms with Crippen LogP contribution >= 0.6 is 0 Å². The van der Waals surface area contributed by atoms with Crippen LogP contribution in [0.3, 0.4) is 0 Å². The molecular weight excluding hydrogens is 222 g/mol. The van der Waals surface area contributed by atoms with E-state index in [1.807, 2.05) is 0 Å². The van der Waals surface area contributed by atoms with Crippen LogP contribution in [0.2, 0.25) is 0 Å². The van der Waals surface area contributed by atoms with Crippen molar-refractivity contribution in [3.05, 3.63) is 0 Å². The van der Waals surface area contributed by atoms with Gasteiger partial charge in [-0.1, -0.05) is 0 Å². The lowest BCUT2D eigenvalue weighted by molar-refractivity contribution is -0.270. The molecular formula is C8H19NO7. The molecule has 98 valence electrons. The quantitative estimate of drug-likeness (QED) is 0.207. The largest absolute Gasteiger partial charge is 0.386 e. The maximum atomic E-state index is 9.57. The van der Waals surface area contributed by atoms with Crippen LogP contribution in [0.5, 0.6) is 0 Å². The van der Waals surface area contributed by atoms with Gasteiger partial charge in [0.15, 0.2) is 6.23 Å². The Bertz CT molecular complexity index is 170. The molecule has 0 aromatic rings. The van der Waals surface area contributed by atoms with Crippen molar-refractivity contribution in [1.82, 2.24) is 5.06 Å². The molecule has 16 heavy (non-hydrogen) atoms. The van der Waals surface area contributed by atoms with Gasteiger partial charge in [0.1, 0.15) is 25.7 Å². The second kappa shape index (κ2) is 8.79. The molecule has 0 spiro atoms. The number of aliphatic hydroxyl groups excluding tert-OH is 3. The van der Waals surface area contributed by atoms with E-state index in [0.717, 1.165) is 0 Å². The summed E-state index contributed by atoms with van der Waals surface area (Å²) >= 11 is 0. The van der Waals surface area contributed by atoms with Crippen LogP contribution < -0.4 is 0 Å². The lowest BCUT2D eigenvalue weighted by Crippen LogP contribution is -2.49. The van der Waals surface area contributed by atoms with Gasteiger partial charge < -0.3 is 34.7 Å². The second-order valence-corrected chi connectivity index (χ2v) is 3.04. The van der Waals surface area contributed by atoms with E-state index in [2.05, 4.69) is 4.74 Å². The highest BCUT2D eigenvalue weighted by molar-refractivity contribution is 4.73. The Labute approximate surface area is 93.5 Å².